The summed E-state index contributed by atoms with van der Waals surface area (Å²) < 4.78 is 5.41. The number of benzene rings is 2. The number of carbonyl (C=O) groups is 1. The lowest BCUT2D eigenvalue weighted by atomic mass is 9.96. The Bertz CT molecular complexity index is 973. The van der Waals surface area contributed by atoms with Gasteiger partial charge in [0.15, 0.2) is 0 Å². The van der Waals surface area contributed by atoms with Gasteiger partial charge in [0.25, 0.3) is 0 Å². The Morgan fingerprint density at radius 1 is 1.13 bits per heavy atom. The van der Waals surface area contributed by atoms with Gasteiger partial charge in [-0.2, -0.15) is 4.98 Å². The van der Waals surface area contributed by atoms with Crippen LogP contribution in [0.4, 0.5) is 0 Å². The number of carbonyl (C=O) groups excluding carboxylic acids is 1. The molecular weight excluding hydrogens is 432 g/mol. The highest BCUT2D eigenvalue weighted by molar-refractivity contribution is 7.99. The molecule has 0 spiro atoms. The van der Waals surface area contributed by atoms with Crippen LogP contribution in [0.5, 0.6) is 0 Å². The van der Waals surface area contributed by atoms with E-state index in [1.54, 1.807) is 11.8 Å². The molecule has 0 unspecified atom stereocenters. The summed E-state index contributed by atoms with van der Waals surface area (Å²) in [6.07, 6.45) is 1.69. The third kappa shape index (κ3) is 6.32. The average molecular weight is 457 g/mol. The zero-order valence-electron chi connectivity index (χ0n) is 17.2. The van der Waals surface area contributed by atoms with Crippen LogP contribution in [0.25, 0.3) is 11.4 Å². The number of nitrogens with one attached hydrogen (secondary N) is 1. The molecule has 1 N–H and O–H groups in total. The first-order valence-corrected chi connectivity index (χ1v) is 11.8. The van der Waals surface area contributed by atoms with E-state index >= 15 is 0 Å². The van der Waals surface area contributed by atoms with E-state index in [0.717, 1.165) is 37.2 Å². The lowest BCUT2D eigenvalue weighted by Gasteiger charge is -2.30. The van der Waals surface area contributed by atoms with Gasteiger partial charge in [-0.1, -0.05) is 35.0 Å². The van der Waals surface area contributed by atoms with Crippen LogP contribution in [0, 0.1) is 5.92 Å². The molecule has 2 aromatic carbocycles. The molecule has 162 valence electrons. The average Bonchev–Trinajstić information content (AvgIpc) is 3.27. The van der Waals surface area contributed by atoms with Crippen molar-refractivity contribution in [3.63, 3.8) is 0 Å². The lowest BCUT2D eigenvalue weighted by Crippen LogP contribution is -2.40. The molecule has 0 saturated carbocycles. The zero-order valence-corrected chi connectivity index (χ0v) is 18.7. The van der Waals surface area contributed by atoms with Crippen LogP contribution < -0.4 is 5.32 Å². The van der Waals surface area contributed by atoms with Gasteiger partial charge in [-0.05, 0) is 62.3 Å². The van der Waals surface area contributed by atoms with Gasteiger partial charge in [0.1, 0.15) is 0 Å². The third-order valence-corrected chi connectivity index (χ3v) is 6.57. The molecule has 1 fully saturated rings. The Morgan fingerprint density at radius 2 is 1.87 bits per heavy atom. The van der Waals surface area contributed by atoms with Crippen molar-refractivity contribution in [2.75, 3.05) is 25.4 Å². The van der Waals surface area contributed by atoms with E-state index in [1.807, 2.05) is 42.5 Å². The van der Waals surface area contributed by atoms with Crippen LogP contribution in [0.2, 0.25) is 5.02 Å². The van der Waals surface area contributed by atoms with Crippen LogP contribution in [-0.2, 0) is 11.3 Å². The number of thioether (sulfide) groups is 1. The van der Waals surface area contributed by atoms with Crippen molar-refractivity contribution in [2.24, 2.45) is 5.92 Å². The topological polar surface area (TPSA) is 71.3 Å². The first kappa shape index (κ1) is 21.9. The van der Waals surface area contributed by atoms with Gasteiger partial charge < -0.3 is 9.84 Å². The quantitative estimate of drug-likeness (QED) is 0.397. The summed E-state index contributed by atoms with van der Waals surface area (Å²) in [6.45, 7) is 2.97. The van der Waals surface area contributed by atoms with Crippen molar-refractivity contribution in [2.45, 2.75) is 24.3 Å². The Balaban J connectivity index is 1.17. The van der Waals surface area contributed by atoms with Crippen LogP contribution in [0.1, 0.15) is 18.7 Å². The molecule has 1 aliphatic heterocycles. The van der Waals surface area contributed by atoms with Crippen molar-refractivity contribution in [3.8, 4) is 11.4 Å². The van der Waals surface area contributed by atoms with E-state index in [-0.39, 0.29) is 11.8 Å². The summed E-state index contributed by atoms with van der Waals surface area (Å²) in [6, 6.07) is 17.6. The SMILES string of the molecule is O=C(NCCSc1ccccc1)C1CCN(Cc2nc(-c3ccc(Cl)cc3)no2)CC1. The minimum absolute atomic E-state index is 0.0743. The Hall–Kier alpha value is -2.35. The Labute approximate surface area is 191 Å². The molecule has 31 heavy (non-hydrogen) atoms. The van der Waals surface area contributed by atoms with E-state index in [0.29, 0.717) is 29.8 Å². The first-order valence-electron chi connectivity index (χ1n) is 10.4. The minimum Gasteiger partial charge on any atom is -0.355 e. The van der Waals surface area contributed by atoms with E-state index in [2.05, 4.69) is 32.5 Å². The zero-order chi connectivity index (χ0) is 21.5. The van der Waals surface area contributed by atoms with Crippen LogP contribution in [-0.4, -0.2) is 46.3 Å². The second kappa shape index (κ2) is 10.8. The van der Waals surface area contributed by atoms with Crippen LogP contribution >= 0.6 is 23.4 Å². The summed E-state index contributed by atoms with van der Waals surface area (Å²) in [5, 5.41) is 7.83. The predicted molar refractivity (Wildman–Crippen MR) is 123 cm³/mol. The molecule has 1 aromatic heterocycles. The standard InChI is InChI=1S/C23H25ClN4O2S/c24-19-8-6-17(7-9-19)22-26-21(30-27-22)16-28-13-10-18(11-14-28)23(29)25-12-15-31-20-4-2-1-3-5-20/h1-9,18H,10-16H2,(H,25,29). The minimum atomic E-state index is 0.0743. The van der Waals surface area contributed by atoms with Crippen LogP contribution in [0.3, 0.4) is 0 Å². The molecule has 1 saturated heterocycles. The highest BCUT2D eigenvalue weighted by Gasteiger charge is 2.25. The largest absolute Gasteiger partial charge is 0.355 e. The molecule has 2 heterocycles. The van der Waals surface area contributed by atoms with E-state index in [9.17, 15) is 4.79 Å². The van der Waals surface area contributed by atoms with Gasteiger partial charge in [0.2, 0.25) is 17.6 Å². The predicted octanol–water partition coefficient (Wildman–Crippen LogP) is 4.51. The summed E-state index contributed by atoms with van der Waals surface area (Å²) in [7, 11) is 0. The highest BCUT2D eigenvalue weighted by atomic mass is 35.5. The molecule has 6 nitrogen and oxygen atoms in total. The van der Waals surface area contributed by atoms with E-state index in [4.69, 9.17) is 16.1 Å². The second-order valence-corrected chi connectivity index (χ2v) is 9.13. The van der Waals surface area contributed by atoms with Gasteiger partial charge in [-0.3, -0.25) is 9.69 Å². The number of amides is 1. The van der Waals surface area contributed by atoms with Gasteiger partial charge in [-0.15, -0.1) is 11.8 Å². The molecule has 4 rings (SSSR count). The molecule has 1 amide bonds. The van der Waals surface area contributed by atoms with Gasteiger partial charge >= 0.3 is 0 Å². The van der Waals surface area contributed by atoms with Crippen molar-refractivity contribution < 1.29 is 9.32 Å². The van der Waals surface area contributed by atoms with Crippen molar-refractivity contribution in [1.29, 1.82) is 0 Å². The molecule has 8 heteroatoms. The van der Waals surface area contributed by atoms with E-state index < -0.39 is 0 Å². The third-order valence-electron chi connectivity index (χ3n) is 5.30. The van der Waals surface area contributed by atoms with Crippen LogP contribution in [0.15, 0.2) is 64.0 Å². The summed E-state index contributed by atoms with van der Waals surface area (Å²) in [5.41, 5.74) is 0.875. The monoisotopic (exact) mass is 456 g/mol. The summed E-state index contributed by atoms with van der Waals surface area (Å²) in [4.78, 5) is 20.4. The van der Waals surface area contributed by atoms with Crippen molar-refractivity contribution in [1.82, 2.24) is 20.4 Å². The maximum atomic E-state index is 12.5. The number of rotatable bonds is 8. The summed E-state index contributed by atoms with van der Waals surface area (Å²) in [5.74, 6) is 2.27. The maximum Gasteiger partial charge on any atom is 0.241 e. The number of aromatic nitrogens is 2. The smallest absolute Gasteiger partial charge is 0.241 e. The van der Waals surface area contributed by atoms with E-state index in [1.165, 1.54) is 4.90 Å². The number of halogens is 1. The normalized spacial score (nSPS) is 15.1. The number of piperidine rings is 1. The summed E-state index contributed by atoms with van der Waals surface area (Å²) >= 11 is 7.69. The molecule has 1 aliphatic rings. The molecule has 3 aromatic rings. The second-order valence-electron chi connectivity index (χ2n) is 7.52. The molecule has 0 bridgehead atoms. The molecule has 0 radical (unpaired) electrons. The Morgan fingerprint density at radius 3 is 2.61 bits per heavy atom. The molecule has 0 aliphatic carbocycles. The van der Waals surface area contributed by atoms with Gasteiger partial charge in [0.05, 0.1) is 6.54 Å². The molecular formula is C23H25ClN4O2S. The first-order chi connectivity index (χ1) is 15.2. The maximum absolute atomic E-state index is 12.5. The lowest BCUT2D eigenvalue weighted by molar-refractivity contribution is -0.126. The number of likely N-dealkylation sites (tertiary alicyclic amines) is 1. The Kier molecular flexibility index (Phi) is 7.61. The fourth-order valence-corrected chi connectivity index (χ4v) is 4.50. The fraction of sp³-hybridized carbons (Fsp3) is 0.348. The van der Waals surface area contributed by atoms with Crippen molar-refractivity contribution in [3.05, 3.63) is 65.5 Å². The van der Waals surface area contributed by atoms with Gasteiger partial charge in [0, 0.05) is 33.7 Å². The number of nitrogens with zero attached hydrogens (tertiary/aromatic N) is 3. The number of hydrogen-bond acceptors (Lipinski definition) is 6. The van der Waals surface area contributed by atoms with Gasteiger partial charge in [-0.25, -0.2) is 0 Å². The fourth-order valence-electron chi connectivity index (χ4n) is 3.58. The molecule has 0 atom stereocenters. The number of hydrogen-bond donors (Lipinski definition) is 1. The highest BCUT2D eigenvalue weighted by Crippen LogP contribution is 2.22. The van der Waals surface area contributed by atoms with Crippen molar-refractivity contribution >= 4 is 29.3 Å².